The van der Waals surface area contributed by atoms with Crippen LogP contribution in [0.15, 0.2) is 24.3 Å². The maximum atomic E-state index is 12.9. The highest BCUT2D eigenvalue weighted by atomic mass is 16.5. The zero-order valence-corrected chi connectivity index (χ0v) is 15.0. The summed E-state index contributed by atoms with van der Waals surface area (Å²) >= 11 is 0. The van der Waals surface area contributed by atoms with Crippen LogP contribution in [0.2, 0.25) is 0 Å². The average Bonchev–Trinajstić information content (AvgIpc) is 2.90. The molecule has 2 heterocycles. The molecular formula is C19H25N3O2. The van der Waals surface area contributed by atoms with Gasteiger partial charge in [0.15, 0.2) is 0 Å². The van der Waals surface area contributed by atoms with Gasteiger partial charge in [0.05, 0.1) is 17.9 Å². The van der Waals surface area contributed by atoms with Crippen molar-refractivity contribution in [1.82, 2.24) is 14.7 Å². The summed E-state index contributed by atoms with van der Waals surface area (Å²) < 4.78 is 7.39. The Morgan fingerprint density at radius 2 is 1.79 bits per heavy atom. The van der Waals surface area contributed by atoms with Gasteiger partial charge in [-0.2, -0.15) is 5.10 Å². The second-order valence-electron chi connectivity index (χ2n) is 6.80. The summed E-state index contributed by atoms with van der Waals surface area (Å²) in [6, 6.07) is 8.14. The Balaban J connectivity index is 1.88. The third kappa shape index (κ3) is 3.22. The van der Waals surface area contributed by atoms with Gasteiger partial charge in [0.25, 0.3) is 5.91 Å². The number of ether oxygens (including phenoxy) is 1. The lowest BCUT2D eigenvalue weighted by molar-refractivity contribution is -0.0588. The Bertz CT molecular complexity index is 756. The van der Waals surface area contributed by atoms with Crippen LogP contribution in [0.25, 0.3) is 11.3 Å². The molecule has 1 aromatic carbocycles. The van der Waals surface area contributed by atoms with E-state index in [2.05, 4.69) is 37.1 Å². The van der Waals surface area contributed by atoms with Crippen molar-refractivity contribution < 1.29 is 9.53 Å². The normalized spacial score (nSPS) is 21.1. The number of nitrogens with zero attached hydrogens (tertiary/aromatic N) is 3. The van der Waals surface area contributed by atoms with Gasteiger partial charge in [0.2, 0.25) is 0 Å². The number of amides is 1. The first-order chi connectivity index (χ1) is 11.3. The lowest BCUT2D eigenvalue weighted by atomic mass is 10.0. The van der Waals surface area contributed by atoms with Gasteiger partial charge in [-0.1, -0.05) is 12.1 Å². The Hall–Kier alpha value is -2.14. The highest BCUT2D eigenvalue weighted by molar-refractivity contribution is 5.93. The van der Waals surface area contributed by atoms with Crippen molar-refractivity contribution in [2.45, 2.75) is 39.9 Å². The van der Waals surface area contributed by atoms with E-state index < -0.39 is 0 Å². The molecule has 2 unspecified atom stereocenters. The van der Waals surface area contributed by atoms with E-state index >= 15 is 0 Å². The molecule has 5 nitrogen and oxygen atoms in total. The van der Waals surface area contributed by atoms with E-state index in [1.54, 1.807) is 4.68 Å². The van der Waals surface area contributed by atoms with E-state index in [0.29, 0.717) is 18.8 Å². The first-order valence-corrected chi connectivity index (χ1v) is 8.41. The number of aromatic nitrogens is 2. The summed E-state index contributed by atoms with van der Waals surface area (Å²) in [4.78, 5) is 14.7. The van der Waals surface area contributed by atoms with Crippen molar-refractivity contribution in [2.24, 2.45) is 7.05 Å². The number of morpholine rings is 1. The minimum absolute atomic E-state index is 0.0158. The molecule has 2 atom stereocenters. The van der Waals surface area contributed by atoms with Gasteiger partial charge >= 0.3 is 0 Å². The molecule has 2 aromatic rings. The standard InChI is InChI=1S/C19H25N3O2/c1-12-6-7-16(8-13(12)2)17-9-18(21(5)20-17)19(23)22-10-14(3)24-15(4)11-22/h6-9,14-15H,10-11H2,1-5H3. The fourth-order valence-corrected chi connectivity index (χ4v) is 3.21. The van der Waals surface area contributed by atoms with E-state index in [1.165, 1.54) is 11.1 Å². The molecule has 1 aliphatic heterocycles. The number of rotatable bonds is 2. The lowest BCUT2D eigenvalue weighted by Gasteiger charge is -2.35. The SMILES string of the molecule is Cc1ccc(-c2cc(C(=O)N3CC(C)OC(C)C3)n(C)n2)cc1C. The lowest BCUT2D eigenvalue weighted by Crippen LogP contribution is -2.48. The number of benzene rings is 1. The molecule has 0 N–H and O–H groups in total. The average molecular weight is 327 g/mol. The van der Waals surface area contributed by atoms with Crippen LogP contribution in [0.3, 0.4) is 0 Å². The van der Waals surface area contributed by atoms with E-state index in [-0.39, 0.29) is 18.1 Å². The summed E-state index contributed by atoms with van der Waals surface area (Å²) in [5.74, 6) is 0.0158. The van der Waals surface area contributed by atoms with Gasteiger partial charge in [-0.05, 0) is 51.0 Å². The maximum absolute atomic E-state index is 12.9. The molecule has 5 heteroatoms. The molecule has 1 aliphatic rings. The van der Waals surface area contributed by atoms with E-state index in [4.69, 9.17) is 4.74 Å². The molecule has 0 aliphatic carbocycles. The van der Waals surface area contributed by atoms with Crippen LogP contribution in [0, 0.1) is 13.8 Å². The monoisotopic (exact) mass is 327 g/mol. The summed E-state index contributed by atoms with van der Waals surface area (Å²) in [5, 5.41) is 4.54. The second kappa shape index (κ2) is 6.40. The molecule has 0 spiro atoms. The Morgan fingerprint density at radius 1 is 1.12 bits per heavy atom. The predicted molar refractivity (Wildman–Crippen MR) is 94.0 cm³/mol. The van der Waals surface area contributed by atoms with Crippen LogP contribution >= 0.6 is 0 Å². The maximum Gasteiger partial charge on any atom is 0.272 e. The smallest absolute Gasteiger partial charge is 0.272 e. The van der Waals surface area contributed by atoms with Crippen molar-refractivity contribution in [3.8, 4) is 11.3 Å². The van der Waals surface area contributed by atoms with Gasteiger partial charge in [0.1, 0.15) is 5.69 Å². The molecule has 128 valence electrons. The van der Waals surface area contributed by atoms with Crippen LogP contribution in [-0.2, 0) is 11.8 Å². The van der Waals surface area contributed by atoms with Crippen molar-refractivity contribution in [2.75, 3.05) is 13.1 Å². The quantitative estimate of drug-likeness (QED) is 0.852. The first-order valence-electron chi connectivity index (χ1n) is 8.41. The van der Waals surface area contributed by atoms with Crippen LogP contribution in [-0.4, -0.2) is 45.9 Å². The first kappa shape index (κ1) is 16.7. The molecule has 0 radical (unpaired) electrons. The van der Waals surface area contributed by atoms with Crippen LogP contribution in [0.4, 0.5) is 0 Å². The number of hydrogen-bond donors (Lipinski definition) is 0. The third-order valence-corrected chi connectivity index (χ3v) is 4.61. The van der Waals surface area contributed by atoms with Gasteiger partial charge in [-0.3, -0.25) is 9.48 Å². The fraction of sp³-hybridized carbons (Fsp3) is 0.474. The topological polar surface area (TPSA) is 47.4 Å². The molecular weight excluding hydrogens is 302 g/mol. The highest BCUT2D eigenvalue weighted by Crippen LogP contribution is 2.23. The summed E-state index contributed by atoms with van der Waals surface area (Å²) in [6.45, 7) is 9.41. The predicted octanol–water partition coefficient (Wildman–Crippen LogP) is 2.95. The second-order valence-corrected chi connectivity index (χ2v) is 6.80. The van der Waals surface area contributed by atoms with Crippen LogP contribution in [0.5, 0.6) is 0 Å². The fourth-order valence-electron chi connectivity index (χ4n) is 3.21. The molecule has 0 saturated carbocycles. The molecule has 0 bridgehead atoms. The number of hydrogen-bond acceptors (Lipinski definition) is 3. The molecule has 1 saturated heterocycles. The van der Waals surface area contributed by atoms with E-state index in [0.717, 1.165) is 11.3 Å². The van der Waals surface area contributed by atoms with Crippen LogP contribution in [0.1, 0.15) is 35.5 Å². The summed E-state index contributed by atoms with van der Waals surface area (Å²) in [5.41, 5.74) is 4.96. The van der Waals surface area contributed by atoms with E-state index in [9.17, 15) is 4.79 Å². The van der Waals surface area contributed by atoms with E-state index in [1.807, 2.05) is 31.9 Å². The Morgan fingerprint density at radius 3 is 2.42 bits per heavy atom. The minimum Gasteiger partial charge on any atom is -0.372 e. The zero-order valence-electron chi connectivity index (χ0n) is 15.0. The van der Waals surface area contributed by atoms with Crippen molar-refractivity contribution in [3.63, 3.8) is 0 Å². The van der Waals surface area contributed by atoms with Gasteiger partial charge in [-0.15, -0.1) is 0 Å². The Kier molecular flexibility index (Phi) is 4.45. The number of carbonyl (C=O) groups excluding carboxylic acids is 1. The minimum atomic E-state index is 0.0158. The summed E-state index contributed by atoms with van der Waals surface area (Å²) in [6.07, 6.45) is 0.121. The zero-order chi connectivity index (χ0) is 17.4. The molecule has 3 rings (SSSR count). The molecule has 24 heavy (non-hydrogen) atoms. The van der Waals surface area contributed by atoms with Gasteiger partial charge in [0, 0.05) is 25.7 Å². The summed E-state index contributed by atoms with van der Waals surface area (Å²) in [7, 11) is 1.82. The molecule has 1 fully saturated rings. The van der Waals surface area contributed by atoms with Gasteiger partial charge in [-0.25, -0.2) is 0 Å². The Labute approximate surface area is 143 Å². The molecule has 1 amide bonds. The van der Waals surface area contributed by atoms with Crippen LogP contribution < -0.4 is 0 Å². The molecule has 1 aromatic heterocycles. The number of carbonyl (C=O) groups is 1. The van der Waals surface area contributed by atoms with Crippen molar-refractivity contribution >= 4 is 5.91 Å². The largest absolute Gasteiger partial charge is 0.372 e. The highest BCUT2D eigenvalue weighted by Gasteiger charge is 2.28. The van der Waals surface area contributed by atoms with Crippen molar-refractivity contribution in [3.05, 3.63) is 41.1 Å². The van der Waals surface area contributed by atoms with Crippen molar-refractivity contribution in [1.29, 1.82) is 0 Å². The van der Waals surface area contributed by atoms with Gasteiger partial charge < -0.3 is 9.64 Å². The third-order valence-electron chi connectivity index (χ3n) is 4.61. The number of aryl methyl sites for hydroxylation is 3.